The fraction of sp³-hybridized carbons (Fsp3) is 0.333. The number of esters is 1. The molecule has 1 aromatic heterocycles. The van der Waals surface area contributed by atoms with Crippen LogP contribution in [0.5, 0.6) is 5.75 Å². The molecular weight excluding hydrogens is 274 g/mol. The van der Waals surface area contributed by atoms with E-state index in [1.807, 2.05) is 23.6 Å². The molecular formula is C15H15NO3S. The molecule has 0 aliphatic carbocycles. The highest BCUT2D eigenvalue weighted by molar-refractivity contribution is 7.09. The van der Waals surface area contributed by atoms with E-state index in [0.29, 0.717) is 13.2 Å². The van der Waals surface area contributed by atoms with Gasteiger partial charge in [0.25, 0.3) is 0 Å². The van der Waals surface area contributed by atoms with Crippen LogP contribution in [0.1, 0.15) is 29.1 Å². The monoisotopic (exact) mass is 289 g/mol. The van der Waals surface area contributed by atoms with Crippen LogP contribution in [0.15, 0.2) is 29.6 Å². The topological polar surface area (TPSA) is 48.4 Å². The van der Waals surface area contributed by atoms with Crippen LogP contribution in [-0.2, 0) is 16.0 Å². The second-order valence-electron chi connectivity index (χ2n) is 4.56. The Morgan fingerprint density at radius 3 is 3.20 bits per heavy atom. The number of nitrogens with zero attached hydrogens (tertiary/aromatic N) is 1. The molecule has 0 bridgehead atoms. The minimum absolute atomic E-state index is 0.173. The van der Waals surface area contributed by atoms with E-state index in [4.69, 9.17) is 9.47 Å². The molecule has 4 nitrogen and oxygen atoms in total. The number of hydrogen-bond donors (Lipinski definition) is 0. The van der Waals surface area contributed by atoms with Crippen LogP contribution >= 0.6 is 11.3 Å². The number of rotatable bonds is 4. The largest absolute Gasteiger partial charge is 0.492 e. The zero-order chi connectivity index (χ0) is 13.9. The summed E-state index contributed by atoms with van der Waals surface area (Å²) in [6.07, 6.45) is 0.236. The predicted octanol–water partition coefficient (Wildman–Crippen LogP) is 2.77. The van der Waals surface area contributed by atoms with Gasteiger partial charge in [0.05, 0.1) is 24.6 Å². The lowest BCUT2D eigenvalue weighted by Crippen LogP contribution is -2.08. The summed E-state index contributed by atoms with van der Waals surface area (Å²) in [7, 11) is 0. The van der Waals surface area contributed by atoms with Gasteiger partial charge in [-0.3, -0.25) is 4.79 Å². The van der Waals surface area contributed by atoms with Crippen LogP contribution in [0.25, 0.3) is 0 Å². The molecule has 2 aromatic rings. The standard InChI is InChI=1S/C15H15NO3S/c1-2-18-14(17)7-10-9-20-15(16-10)12-8-19-13-6-4-3-5-11(12)13/h3-6,9,12H,2,7-8H2,1H3. The molecule has 1 aromatic carbocycles. The Hall–Kier alpha value is -1.88. The number of ether oxygens (including phenoxy) is 2. The van der Waals surface area contributed by atoms with E-state index in [2.05, 4.69) is 11.1 Å². The Kier molecular flexibility index (Phi) is 3.69. The lowest BCUT2D eigenvalue weighted by atomic mass is 10.0. The Morgan fingerprint density at radius 2 is 2.35 bits per heavy atom. The SMILES string of the molecule is CCOC(=O)Cc1csc(C2COc3ccccc32)n1. The molecule has 3 rings (SSSR count). The summed E-state index contributed by atoms with van der Waals surface area (Å²) in [4.78, 5) is 16.0. The molecule has 2 heterocycles. The fourth-order valence-electron chi connectivity index (χ4n) is 2.29. The summed E-state index contributed by atoms with van der Waals surface area (Å²) >= 11 is 1.57. The molecule has 0 spiro atoms. The van der Waals surface area contributed by atoms with Crippen LogP contribution in [-0.4, -0.2) is 24.2 Å². The van der Waals surface area contributed by atoms with Crippen molar-refractivity contribution in [1.29, 1.82) is 0 Å². The number of carbonyl (C=O) groups excluding carboxylic acids is 1. The Balaban J connectivity index is 1.76. The van der Waals surface area contributed by atoms with Gasteiger partial charge in [0, 0.05) is 10.9 Å². The van der Waals surface area contributed by atoms with Crippen molar-refractivity contribution < 1.29 is 14.3 Å². The molecule has 1 aliphatic heterocycles. The van der Waals surface area contributed by atoms with Gasteiger partial charge in [-0.05, 0) is 13.0 Å². The van der Waals surface area contributed by atoms with E-state index in [9.17, 15) is 4.79 Å². The van der Waals surface area contributed by atoms with Crippen LogP contribution in [0.4, 0.5) is 0 Å². The van der Waals surface area contributed by atoms with Crippen molar-refractivity contribution in [3.8, 4) is 5.75 Å². The first kappa shape index (κ1) is 13.1. The maximum atomic E-state index is 11.5. The van der Waals surface area contributed by atoms with Crippen molar-refractivity contribution in [1.82, 2.24) is 4.98 Å². The van der Waals surface area contributed by atoms with Gasteiger partial charge < -0.3 is 9.47 Å². The second-order valence-corrected chi connectivity index (χ2v) is 5.45. The van der Waals surface area contributed by atoms with E-state index in [1.54, 1.807) is 18.3 Å². The van der Waals surface area contributed by atoms with Gasteiger partial charge in [0.2, 0.25) is 0 Å². The van der Waals surface area contributed by atoms with E-state index in [-0.39, 0.29) is 18.3 Å². The van der Waals surface area contributed by atoms with Crippen LogP contribution in [0.3, 0.4) is 0 Å². The molecule has 0 amide bonds. The summed E-state index contributed by atoms with van der Waals surface area (Å²) in [6, 6.07) is 8.02. The number of para-hydroxylation sites is 1. The lowest BCUT2D eigenvalue weighted by molar-refractivity contribution is -0.142. The number of carbonyl (C=O) groups is 1. The summed E-state index contributed by atoms with van der Waals surface area (Å²) in [5.41, 5.74) is 1.94. The average Bonchev–Trinajstić information content (AvgIpc) is 3.05. The highest BCUT2D eigenvalue weighted by atomic mass is 32.1. The normalized spacial score (nSPS) is 16.6. The molecule has 0 radical (unpaired) electrons. The van der Waals surface area contributed by atoms with E-state index in [1.165, 1.54) is 5.56 Å². The molecule has 20 heavy (non-hydrogen) atoms. The highest BCUT2D eigenvalue weighted by Crippen LogP contribution is 2.38. The first-order valence-electron chi connectivity index (χ1n) is 6.59. The maximum absolute atomic E-state index is 11.5. The van der Waals surface area contributed by atoms with Crippen molar-refractivity contribution >= 4 is 17.3 Å². The summed E-state index contributed by atoms with van der Waals surface area (Å²) in [5, 5.41) is 2.92. The van der Waals surface area contributed by atoms with Gasteiger partial charge in [0.1, 0.15) is 17.4 Å². The molecule has 0 saturated heterocycles. The minimum atomic E-state index is -0.229. The zero-order valence-corrected chi connectivity index (χ0v) is 12.0. The van der Waals surface area contributed by atoms with Gasteiger partial charge >= 0.3 is 5.97 Å². The van der Waals surface area contributed by atoms with E-state index >= 15 is 0 Å². The quantitative estimate of drug-likeness (QED) is 0.812. The van der Waals surface area contributed by atoms with Crippen LogP contribution < -0.4 is 4.74 Å². The molecule has 1 atom stereocenters. The molecule has 5 heteroatoms. The first-order chi connectivity index (χ1) is 9.78. The summed E-state index contributed by atoms with van der Waals surface area (Å²) in [5.74, 6) is 0.874. The van der Waals surface area contributed by atoms with Crippen molar-refractivity contribution in [2.45, 2.75) is 19.3 Å². The number of aromatic nitrogens is 1. The first-order valence-corrected chi connectivity index (χ1v) is 7.47. The third-order valence-corrected chi connectivity index (χ3v) is 4.21. The average molecular weight is 289 g/mol. The van der Waals surface area contributed by atoms with Gasteiger partial charge in [0.15, 0.2) is 0 Å². The van der Waals surface area contributed by atoms with Gasteiger partial charge in [-0.2, -0.15) is 0 Å². The van der Waals surface area contributed by atoms with Crippen molar-refractivity contribution in [2.24, 2.45) is 0 Å². The Bertz CT molecular complexity index is 623. The second kappa shape index (κ2) is 5.63. The summed E-state index contributed by atoms with van der Waals surface area (Å²) < 4.78 is 10.6. The minimum Gasteiger partial charge on any atom is -0.492 e. The Labute approximate surface area is 121 Å². The van der Waals surface area contributed by atoms with E-state index < -0.39 is 0 Å². The van der Waals surface area contributed by atoms with Gasteiger partial charge in [-0.15, -0.1) is 11.3 Å². The van der Waals surface area contributed by atoms with Gasteiger partial charge in [-0.1, -0.05) is 18.2 Å². The number of hydrogen-bond acceptors (Lipinski definition) is 5. The summed E-state index contributed by atoms with van der Waals surface area (Å²) in [6.45, 7) is 2.82. The zero-order valence-electron chi connectivity index (χ0n) is 11.2. The van der Waals surface area contributed by atoms with Crippen molar-refractivity contribution in [2.75, 3.05) is 13.2 Å². The predicted molar refractivity (Wildman–Crippen MR) is 76.2 cm³/mol. The molecule has 1 unspecified atom stereocenters. The Morgan fingerprint density at radius 1 is 1.50 bits per heavy atom. The van der Waals surface area contributed by atoms with E-state index in [0.717, 1.165) is 16.5 Å². The van der Waals surface area contributed by atoms with Gasteiger partial charge in [-0.25, -0.2) is 4.98 Å². The lowest BCUT2D eigenvalue weighted by Gasteiger charge is -2.04. The van der Waals surface area contributed by atoms with Crippen LogP contribution in [0.2, 0.25) is 0 Å². The molecule has 0 fully saturated rings. The number of thiazole rings is 1. The number of benzene rings is 1. The highest BCUT2D eigenvalue weighted by Gasteiger charge is 2.27. The smallest absolute Gasteiger partial charge is 0.311 e. The fourth-order valence-corrected chi connectivity index (χ4v) is 3.21. The van der Waals surface area contributed by atoms with Crippen molar-refractivity contribution in [3.63, 3.8) is 0 Å². The molecule has 0 saturated carbocycles. The van der Waals surface area contributed by atoms with Crippen LogP contribution in [0, 0.1) is 0 Å². The van der Waals surface area contributed by atoms with Crippen molar-refractivity contribution in [3.05, 3.63) is 45.9 Å². The molecule has 0 N–H and O–H groups in total. The maximum Gasteiger partial charge on any atom is 0.311 e. The number of fused-ring (bicyclic) bond motifs is 1. The molecule has 104 valence electrons. The molecule has 1 aliphatic rings. The third kappa shape index (κ3) is 2.54. The third-order valence-electron chi connectivity index (χ3n) is 3.20.